The van der Waals surface area contributed by atoms with Gasteiger partial charge in [-0.25, -0.2) is 0 Å². The van der Waals surface area contributed by atoms with Gasteiger partial charge in [-0.05, 0) is 48.7 Å². The van der Waals surface area contributed by atoms with E-state index in [1.807, 2.05) is 24.3 Å². The van der Waals surface area contributed by atoms with Crippen molar-refractivity contribution in [2.24, 2.45) is 0 Å². The van der Waals surface area contributed by atoms with Crippen LogP contribution in [0.4, 0.5) is 5.69 Å². The van der Waals surface area contributed by atoms with Crippen molar-refractivity contribution < 1.29 is 9.53 Å². The Labute approximate surface area is 146 Å². The van der Waals surface area contributed by atoms with Crippen molar-refractivity contribution in [3.05, 3.63) is 58.1 Å². The smallest absolute Gasteiger partial charge is 0.265 e. The van der Waals surface area contributed by atoms with Crippen LogP contribution in [0.1, 0.15) is 32.3 Å². The highest BCUT2D eigenvalue weighted by molar-refractivity contribution is 6.35. The molecule has 0 saturated carbocycles. The van der Waals surface area contributed by atoms with Crippen LogP contribution < -0.4 is 10.1 Å². The Morgan fingerprint density at radius 1 is 1.04 bits per heavy atom. The van der Waals surface area contributed by atoms with Gasteiger partial charge in [-0.2, -0.15) is 0 Å². The number of nitrogens with one attached hydrogen (secondary N) is 1. The summed E-state index contributed by atoms with van der Waals surface area (Å²) in [5.74, 6) is 0.635. The van der Waals surface area contributed by atoms with E-state index in [1.165, 1.54) is 5.56 Å². The topological polar surface area (TPSA) is 38.3 Å². The van der Waals surface area contributed by atoms with Crippen LogP contribution in [0.2, 0.25) is 10.0 Å². The van der Waals surface area contributed by atoms with Crippen molar-refractivity contribution in [2.75, 3.05) is 5.32 Å². The number of amides is 1. The molecule has 2 aromatic carbocycles. The number of carbonyl (C=O) groups is 1. The van der Waals surface area contributed by atoms with Crippen LogP contribution in [0.5, 0.6) is 5.75 Å². The molecule has 0 aliphatic heterocycles. The zero-order valence-corrected chi connectivity index (χ0v) is 14.8. The summed E-state index contributed by atoms with van der Waals surface area (Å²) < 4.78 is 5.59. The van der Waals surface area contributed by atoms with Crippen molar-refractivity contribution in [3.63, 3.8) is 0 Å². The second kappa shape index (κ2) is 7.71. The van der Waals surface area contributed by atoms with E-state index in [0.717, 1.165) is 5.69 Å². The van der Waals surface area contributed by atoms with Crippen molar-refractivity contribution >= 4 is 34.8 Å². The monoisotopic (exact) mass is 351 g/mol. The normalized spacial score (nSPS) is 12.1. The van der Waals surface area contributed by atoms with Gasteiger partial charge in [0.1, 0.15) is 5.75 Å². The van der Waals surface area contributed by atoms with Gasteiger partial charge in [0, 0.05) is 10.7 Å². The number of carbonyl (C=O) groups excluding carboxylic acids is 1. The first-order chi connectivity index (χ1) is 10.9. The molecule has 3 nitrogen and oxygen atoms in total. The highest BCUT2D eigenvalue weighted by atomic mass is 35.5. The first-order valence-electron chi connectivity index (χ1n) is 7.39. The Hall–Kier alpha value is -1.71. The van der Waals surface area contributed by atoms with Crippen molar-refractivity contribution in [1.29, 1.82) is 0 Å². The lowest BCUT2D eigenvalue weighted by molar-refractivity contribution is -0.122. The number of hydrogen-bond donors (Lipinski definition) is 1. The summed E-state index contributed by atoms with van der Waals surface area (Å²) in [5.41, 5.74) is 1.96. The summed E-state index contributed by atoms with van der Waals surface area (Å²) in [4.78, 5) is 12.2. The Morgan fingerprint density at radius 2 is 1.70 bits per heavy atom. The molecule has 2 rings (SSSR count). The van der Waals surface area contributed by atoms with Gasteiger partial charge in [0.2, 0.25) is 0 Å². The van der Waals surface area contributed by atoms with E-state index in [4.69, 9.17) is 27.9 Å². The molecule has 0 saturated heterocycles. The van der Waals surface area contributed by atoms with Gasteiger partial charge < -0.3 is 10.1 Å². The molecule has 122 valence electrons. The average molecular weight is 352 g/mol. The molecular formula is C18H19Cl2NO2. The van der Waals surface area contributed by atoms with E-state index in [9.17, 15) is 4.79 Å². The number of hydrogen-bond acceptors (Lipinski definition) is 2. The fourth-order valence-corrected chi connectivity index (χ4v) is 2.46. The first kappa shape index (κ1) is 17.6. The molecule has 2 aromatic rings. The molecule has 1 amide bonds. The lowest BCUT2D eigenvalue weighted by atomic mass is 10.0. The van der Waals surface area contributed by atoms with E-state index < -0.39 is 6.10 Å². The van der Waals surface area contributed by atoms with Crippen LogP contribution in [0, 0.1) is 0 Å². The zero-order chi connectivity index (χ0) is 17.0. The van der Waals surface area contributed by atoms with Crippen molar-refractivity contribution in [2.45, 2.75) is 32.8 Å². The quantitative estimate of drug-likeness (QED) is 0.769. The molecule has 0 bridgehead atoms. The highest BCUT2D eigenvalue weighted by Gasteiger charge is 2.16. The summed E-state index contributed by atoms with van der Waals surface area (Å²) in [7, 11) is 0. The predicted molar refractivity (Wildman–Crippen MR) is 95.7 cm³/mol. The second-order valence-electron chi connectivity index (χ2n) is 5.60. The lowest BCUT2D eigenvalue weighted by Crippen LogP contribution is -2.30. The van der Waals surface area contributed by atoms with E-state index in [0.29, 0.717) is 21.7 Å². The molecule has 0 aromatic heterocycles. The third kappa shape index (κ3) is 4.88. The largest absolute Gasteiger partial charge is 0.479 e. The van der Waals surface area contributed by atoms with E-state index in [2.05, 4.69) is 19.2 Å². The number of benzene rings is 2. The van der Waals surface area contributed by atoms with Gasteiger partial charge in [-0.15, -0.1) is 0 Å². The molecular weight excluding hydrogens is 333 g/mol. The molecule has 0 aliphatic rings. The van der Waals surface area contributed by atoms with Gasteiger partial charge in [-0.3, -0.25) is 4.79 Å². The van der Waals surface area contributed by atoms with Gasteiger partial charge in [0.05, 0.1) is 5.02 Å². The Morgan fingerprint density at radius 3 is 2.26 bits per heavy atom. The minimum atomic E-state index is -0.682. The van der Waals surface area contributed by atoms with Crippen LogP contribution in [-0.2, 0) is 4.79 Å². The average Bonchev–Trinajstić information content (AvgIpc) is 2.50. The van der Waals surface area contributed by atoms with E-state index in [1.54, 1.807) is 25.1 Å². The minimum Gasteiger partial charge on any atom is -0.479 e. The number of rotatable bonds is 5. The maximum Gasteiger partial charge on any atom is 0.265 e. The standard InChI is InChI=1S/C18H19Cl2NO2/c1-11(2)13-4-7-15(8-5-13)21-18(22)12(3)23-17-9-6-14(19)10-16(17)20/h4-12H,1-3H3,(H,21,22)/t12-/m0/s1. The molecule has 1 N–H and O–H groups in total. The minimum absolute atomic E-state index is 0.242. The maximum atomic E-state index is 12.2. The van der Waals surface area contributed by atoms with Crippen LogP contribution in [-0.4, -0.2) is 12.0 Å². The number of halogens is 2. The van der Waals surface area contributed by atoms with Gasteiger partial charge in [0.25, 0.3) is 5.91 Å². The van der Waals surface area contributed by atoms with Crippen LogP contribution >= 0.6 is 23.2 Å². The third-order valence-corrected chi connectivity index (χ3v) is 3.94. The second-order valence-corrected chi connectivity index (χ2v) is 6.44. The molecule has 0 fully saturated rings. The van der Waals surface area contributed by atoms with Gasteiger partial charge in [0.15, 0.2) is 6.10 Å². The molecule has 5 heteroatoms. The Bertz CT molecular complexity index is 684. The fourth-order valence-electron chi connectivity index (χ4n) is 2.01. The van der Waals surface area contributed by atoms with E-state index >= 15 is 0 Å². The summed E-state index contributed by atoms with van der Waals surface area (Å²) in [6.07, 6.45) is -0.682. The third-order valence-electron chi connectivity index (χ3n) is 3.41. The molecule has 0 unspecified atom stereocenters. The fraction of sp³-hybridized carbons (Fsp3) is 0.278. The maximum absolute atomic E-state index is 12.2. The van der Waals surface area contributed by atoms with Gasteiger partial charge in [-0.1, -0.05) is 49.2 Å². The van der Waals surface area contributed by atoms with Crippen LogP contribution in [0.25, 0.3) is 0 Å². The van der Waals surface area contributed by atoms with Crippen molar-refractivity contribution in [1.82, 2.24) is 0 Å². The van der Waals surface area contributed by atoms with Crippen LogP contribution in [0.15, 0.2) is 42.5 Å². The summed E-state index contributed by atoms with van der Waals surface area (Å²) in [6, 6.07) is 12.7. The van der Waals surface area contributed by atoms with E-state index in [-0.39, 0.29) is 5.91 Å². The number of ether oxygens (including phenoxy) is 1. The molecule has 1 atom stereocenters. The number of anilines is 1. The lowest BCUT2D eigenvalue weighted by Gasteiger charge is -2.16. The molecule has 0 radical (unpaired) electrons. The SMILES string of the molecule is CC(C)c1ccc(NC(=O)[C@H](C)Oc2ccc(Cl)cc2Cl)cc1. The van der Waals surface area contributed by atoms with Gasteiger partial charge >= 0.3 is 0 Å². The van der Waals surface area contributed by atoms with Crippen molar-refractivity contribution in [3.8, 4) is 5.75 Å². The Balaban J connectivity index is 1.99. The molecule has 0 spiro atoms. The van der Waals surface area contributed by atoms with Crippen LogP contribution in [0.3, 0.4) is 0 Å². The first-order valence-corrected chi connectivity index (χ1v) is 8.15. The molecule has 23 heavy (non-hydrogen) atoms. The Kier molecular flexibility index (Phi) is 5.91. The highest BCUT2D eigenvalue weighted by Crippen LogP contribution is 2.28. The summed E-state index contributed by atoms with van der Waals surface area (Å²) in [6.45, 7) is 5.92. The predicted octanol–water partition coefficient (Wildman–Crippen LogP) is 5.52. The molecule has 0 aliphatic carbocycles. The summed E-state index contributed by atoms with van der Waals surface area (Å²) in [5, 5.41) is 3.72. The molecule has 0 heterocycles. The summed E-state index contributed by atoms with van der Waals surface area (Å²) >= 11 is 11.9. The zero-order valence-electron chi connectivity index (χ0n) is 13.3.